The highest BCUT2D eigenvalue weighted by atomic mass is 32.2. The van der Waals surface area contributed by atoms with Crippen LogP contribution in [0.2, 0.25) is 0 Å². The Morgan fingerprint density at radius 1 is 1.04 bits per heavy atom. The van der Waals surface area contributed by atoms with E-state index in [4.69, 9.17) is 21.7 Å². The summed E-state index contributed by atoms with van der Waals surface area (Å²) < 4.78 is 10.6. The lowest BCUT2D eigenvalue weighted by atomic mass is 10.3. The summed E-state index contributed by atoms with van der Waals surface area (Å²) in [5.74, 6) is 2.78. The summed E-state index contributed by atoms with van der Waals surface area (Å²) in [5, 5.41) is 7.05. The van der Waals surface area contributed by atoms with Gasteiger partial charge in [0.1, 0.15) is 11.5 Å². The third-order valence-electron chi connectivity index (χ3n) is 3.36. The number of hydrogen-bond donors (Lipinski definition) is 2. The minimum Gasteiger partial charge on any atom is -0.497 e. The van der Waals surface area contributed by atoms with Gasteiger partial charge in [-0.05, 0) is 79.8 Å². The van der Waals surface area contributed by atoms with Crippen molar-refractivity contribution in [1.29, 1.82) is 0 Å². The van der Waals surface area contributed by atoms with E-state index in [-0.39, 0.29) is 0 Å². The monoisotopic (exact) mass is 376 g/mol. The van der Waals surface area contributed by atoms with Crippen molar-refractivity contribution in [3.05, 3.63) is 48.5 Å². The molecule has 0 aliphatic rings. The maximum atomic E-state index is 5.42. The fraction of sp³-hybridized carbons (Fsp3) is 0.316. The van der Waals surface area contributed by atoms with Gasteiger partial charge in [-0.2, -0.15) is 0 Å². The Hall–Kier alpha value is -1.92. The van der Waals surface area contributed by atoms with Crippen LogP contribution in [0.3, 0.4) is 0 Å². The standard InChI is InChI=1S/C19H24N2O2S2/c1-3-23-17-7-5-15(6-8-17)21-19(24)20-13-4-14-25-18-11-9-16(22-2)10-12-18/h5-12H,3-4,13-14H2,1-2H3,(H2,20,21,24). The maximum absolute atomic E-state index is 5.42. The minimum atomic E-state index is 0.638. The number of thioether (sulfide) groups is 1. The third kappa shape index (κ3) is 7.23. The highest BCUT2D eigenvalue weighted by molar-refractivity contribution is 7.99. The maximum Gasteiger partial charge on any atom is 0.170 e. The molecule has 0 aliphatic carbocycles. The van der Waals surface area contributed by atoms with E-state index in [1.165, 1.54) is 4.90 Å². The van der Waals surface area contributed by atoms with E-state index in [0.717, 1.165) is 35.9 Å². The van der Waals surface area contributed by atoms with Crippen LogP contribution < -0.4 is 20.1 Å². The first-order valence-electron chi connectivity index (χ1n) is 8.26. The van der Waals surface area contributed by atoms with Crippen LogP contribution in [0.5, 0.6) is 11.5 Å². The topological polar surface area (TPSA) is 42.5 Å². The van der Waals surface area contributed by atoms with E-state index < -0.39 is 0 Å². The number of benzene rings is 2. The highest BCUT2D eigenvalue weighted by Crippen LogP contribution is 2.21. The zero-order chi connectivity index (χ0) is 17.9. The Bertz CT molecular complexity index is 645. The number of hydrogen-bond acceptors (Lipinski definition) is 4. The molecule has 4 nitrogen and oxygen atoms in total. The lowest BCUT2D eigenvalue weighted by Gasteiger charge is -2.11. The quantitative estimate of drug-likeness (QED) is 0.380. The Morgan fingerprint density at radius 2 is 1.72 bits per heavy atom. The molecule has 0 amide bonds. The number of ether oxygens (including phenoxy) is 2. The number of methoxy groups -OCH3 is 1. The molecule has 0 radical (unpaired) electrons. The molecule has 0 bridgehead atoms. The SMILES string of the molecule is CCOc1ccc(NC(=S)NCCCSc2ccc(OC)cc2)cc1. The molecule has 0 spiro atoms. The van der Waals surface area contributed by atoms with Crippen LogP contribution in [0.4, 0.5) is 5.69 Å². The van der Waals surface area contributed by atoms with Gasteiger partial charge in [0.15, 0.2) is 5.11 Å². The normalized spacial score (nSPS) is 10.2. The van der Waals surface area contributed by atoms with Gasteiger partial charge < -0.3 is 20.1 Å². The molecular weight excluding hydrogens is 352 g/mol. The lowest BCUT2D eigenvalue weighted by Crippen LogP contribution is -2.29. The summed E-state index contributed by atoms with van der Waals surface area (Å²) in [4.78, 5) is 1.25. The van der Waals surface area contributed by atoms with Gasteiger partial charge in [0.05, 0.1) is 13.7 Å². The zero-order valence-corrected chi connectivity index (χ0v) is 16.2. The molecule has 2 aromatic rings. The van der Waals surface area contributed by atoms with Gasteiger partial charge in [-0.25, -0.2) is 0 Å². The van der Waals surface area contributed by atoms with Crippen molar-refractivity contribution in [3.63, 3.8) is 0 Å². The van der Waals surface area contributed by atoms with Crippen molar-refractivity contribution in [3.8, 4) is 11.5 Å². The molecular formula is C19H24N2O2S2. The van der Waals surface area contributed by atoms with Gasteiger partial charge in [0.25, 0.3) is 0 Å². The molecule has 0 saturated heterocycles. The second-order valence-corrected chi connectivity index (χ2v) is 6.79. The largest absolute Gasteiger partial charge is 0.497 e. The zero-order valence-electron chi connectivity index (χ0n) is 14.6. The van der Waals surface area contributed by atoms with Gasteiger partial charge in [-0.3, -0.25) is 0 Å². The van der Waals surface area contributed by atoms with E-state index in [1.54, 1.807) is 7.11 Å². The summed E-state index contributed by atoms with van der Waals surface area (Å²) in [6.45, 7) is 3.48. The third-order valence-corrected chi connectivity index (χ3v) is 4.70. The molecule has 2 N–H and O–H groups in total. The predicted octanol–water partition coefficient (Wildman–Crippen LogP) is 4.56. The lowest BCUT2D eigenvalue weighted by molar-refractivity contribution is 0.340. The van der Waals surface area contributed by atoms with Crippen molar-refractivity contribution in [2.24, 2.45) is 0 Å². The Balaban J connectivity index is 1.61. The second-order valence-electron chi connectivity index (χ2n) is 5.22. The van der Waals surface area contributed by atoms with Crippen LogP contribution in [0.25, 0.3) is 0 Å². The van der Waals surface area contributed by atoms with Crippen LogP contribution >= 0.6 is 24.0 Å². The van der Waals surface area contributed by atoms with E-state index in [0.29, 0.717) is 11.7 Å². The Morgan fingerprint density at radius 3 is 2.36 bits per heavy atom. The molecule has 2 rings (SSSR count). The van der Waals surface area contributed by atoms with Gasteiger partial charge in [0.2, 0.25) is 0 Å². The van der Waals surface area contributed by atoms with Crippen molar-refractivity contribution in [2.45, 2.75) is 18.2 Å². The molecule has 0 aliphatic heterocycles. The van der Waals surface area contributed by atoms with Crippen molar-refractivity contribution >= 4 is 34.8 Å². The van der Waals surface area contributed by atoms with Crippen LogP contribution in [0, 0.1) is 0 Å². The predicted molar refractivity (Wildman–Crippen MR) is 110 cm³/mol. The summed E-state index contributed by atoms with van der Waals surface area (Å²) in [5.41, 5.74) is 0.952. The Kier molecular flexibility index (Phi) is 8.42. The average molecular weight is 377 g/mol. The molecule has 0 aromatic heterocycles. The summed E-state index contributed by atoms with van der Waals surface area (Å²) in [6.07, 6.45) is 1.03. The smallest absolute Gasteiger partial charge is 0.170 e. The molecule has 0 heterocycles. The molecule has 2 aromatic carbocycles. The fourth-order valence-electron chi connectivity index (χ4n) is 2.11. The first kappa shape index (κ1) is 19.4. The number of nitrogens with one attached hydrogen (secondary N) is 2. The minimum absolute atomic E-state index is 0.638. The number of thiocarbonyl (C=S) groups is 1. The molecule has 0 atom stereocenters. The van der Waals surface area contributed by atoms with Crippen LogP contribution in [0.1, 0.15) is 13.3 Å². The average Bonchev–Trinajstić information content (AvgIpc) is 2.64. The van der Waals surface area contributed by atoms with E-state index >= 15 is 0 Å². The Labute approximate surface area is 159 Å². The molecule has 6 heteroatoms. The van der Waals surface area contributed by atoms with Crippen LogP contribution in [-0.2, 0) is 0 Å². The van der Waals surface area contributed by atoms with E-state index in [9.17, 15) is 0 Å². The molecule has 134 valence electrons. The summed E-state index contributed by atoms with van der Waals surface area (Å²) >= 11 is 7.14. The first-order chi connectivity index (χ1) is 12.2. The number of anilines is 1. The van der Waals surface area contributed by atoms with Crippen molar-refractivity contribution in [1.82, 2.24) is 5.32 Å². The summed E-state index contributed by atoms with van der Waals surface area (Å²) in [7, 11) is 1.68. The van der Waals surface area contributed by atoms with Crippen molar-refractivity contribution in [2.75, 3.05) is 31.3 Å². The van der Waals surface area contributed by atoms with E-state index in [1.807, 2.05) is 55.1 Å². The highest BCUT2D eigenvalue weighted by Gasteiger charge is 1.99. The first-order valence-corrected chi connectivity index (χ1v) is 9.65. The molecule has 0 unspecified atom stereocenters. The fourth-order valence-corrected chi connectivity index (χ4v) is 3.19. The van der Waals surface area contributed by atoms with Crippen molar-refractivity contribution < 1.29 is 9.47 Å². The molecule has 25 heavy (non-hydrogen) atoms. The second kappa shape index (κ2) is 10.8. The van der Waals surface area contributed by atoms with Crippen LogP contribution in [0.15, 0.2) is 53.4 Å². The van der Waals surface area contributed by atoms with Gasteiger partial charge in [0, 0.05) is 17.1 Å². The molecule has 0 fully saturated rings. The van der Waals surface area contributed by atoms with Crippen LogP contribution in [-0.4, -0.2) is 31.1 Å². The van der Waals surface area contributed by atoms with E-state index in [2.05, 4.69) is 22.8 Å². The summed E-state index contributed by atoms with van der Waals surface area (Å²) in [6, 6.07) is 15.9. The van der Waals surface area contributed by atoms with Gasteiger partial charge >= 0.3 is 0 Å². The molecule has 0 saturated carbocycles. The number of rotatable bonds is 9. The van der Waals surface area contributed by atoms with Gasteiger partial charge in [-0.1, -0.05) is 0 Å². The van der Waals surface area contributed by atoms with Gasteiger partial charge in [-0.15, -0.1) is 11.8 Å².